The van der Waals surface area contributed by atoms with Crippen molar-refractivity contribution >= 4 is 23.3 Å². The van der Waals surface area contributed by atoms with Crippen molar-refractivity contribution in [3.8, 4) is 5.75 Å². The van der Waals surface area contributed by atoms with Gasteiger partial charge in [-0.1, -0.05) is 48.2 Å². The van der Waals surface area contributed by atoms with Crippen molar-refractivity contribution in [1.82, 2.24) is 0 Å². The summed E-state index contributed by atoms with van der Waals surface area (Å²) in [6.07, 6.45) is 0. The second kappa shape index (κ2) is 5.22. The van der Waals surface area contributed by atoms with Gasteiger partial charge in [0.15, 0.2) is 5.78 Å². The number of phenols is 1. The molecule has 1 N–H and O–H groups in total. The van der Waals surface area contributed by atoms with E-state index in [2.05, 4.69) is 0 Å². The number of ketones is 2. The Kier molecular flexibility index (Phi) is 3.39. The molecule has 0 radical (unpaired) electrons. The van der Waals surface area contributed by atoms with Crippen LogP contribution < -0.4 is 0 Å². The first-order valence-corrected chi connectivity index (χ1v) is 7.26. The number of phenolic OH excluding ortho intramolecular Hbond substituents is 1. The third-order valence-corrected chi connectivity index (χ3v) is 4.64. The normalized spacial score (nSPS) is 14.3. The number of allylic oxidation sites excluding steroid dienone is 2. The molecule has 4 heteroatoms. The number of para-hydroxylation sites is 1. The fourth-order valence-electron chi connectivity index (χ4n) is 2.25. The average molecular weight is 296 g/mol. The van der Waals surface area contributed by atoms with Crippen LogP contribution in [0.15, 0.2) is 63.9 Å². The van der Waals surface area contributed by atoms with Crippen molar-refractivity contribution in [2.45, 2.75) is 11.8 Å². The minimum Gasteiger partial charge on any atom is -0.507 e. The van der Waals surface area contributed by atoms with Gasteiger partial charge in [-0.2, -0.15) is 0 Å². The van der Waals surface area contributed by atoms with Gasteiger partial charge in [-0.15, -0.1) is 0 Å². The number of thioether (sulfide) groups is 1. The molecule has 0 unspecified atom stereocenters. The van der Waals surface area contributed by atoms with Gasteiger partial charge in [0.2, 0.25) is 5.78 Å². The first-order valence-electron chi connectivity index (χ1n) is 6.44. The zero-order chi connectivity index (χ0) is 15.0. The van der Waals surface area contributed by atoms with Crippen molar-refractivity contribution in [2.75, 3.05) is 0 Å². The molecule has 2 aromatic rings. The van der Waals surface area contributed by atoms with Crippen LogP contribution in [0.5, 0.6) is 5.75 Å². The molecule has 1 aliphatic rings. The Morgan fingerprint density at radius 2 is 1.43 bits per heavy atom. The van der Waals surface area contributed by atoms with Crippen molar-refractivity contribution < 1.29 is 14.7 Å². The highest BCUT2D eigenvalue weighted by Gasteiger charge is 2.30. The Labute approximate surface area is 126 Å². The monoisotopic (exact) mass is 296 g/mol. The van der Waals surface area contributed by atoms with Crippen LogP contribution >= 0.6 is 11.8 Å². The van der Waals surface area contributed by atoms with E-state index in [1.54, 1.807) is 55.5 Å². The highest BCUT2D eigenvalue weighted by molar-refractivity contribution is 8.04. The molecule has 21 heavy (non-hydrogen) atoms. The molecule has 0 saturated carbocycles. The molecule has 0 fully saturated rings. The molecular formula is C17H12O3S. The predicted molar refractivity (Wildman–Crippen MR) is 81.8 cm³/mol. The van der Waals surface area contributed by atoms with E-state index in [9.17, 15) is 14.7 Å². The van der Waals surface area contributed by atoms with Gasteiger partial charge in [-0.25, -0.2) is 0 Å². The highest BCUT2D eigenvalue weighted by Crippen LogP contribution is 2.39. The summed E-state index contributed by atoms with van der Waals surface area (Å²) in [5.41, 5.74) is 1.29. The lowest BCUT2D eigenvalue weighted by molar-refractivity contribution is 0.0981. The molecule has 3 rings (SSSR count). The van der Waals surface area contributed by atoms with E-state index in [4.69, 9.17) is 0 Å². The van der Waals surface area contributed by atoms with Gasteiger partial charge in [0.05, 0.1) is 9.80 Å². The number of hydrogen-bond donors (Lipinski definition) is 1. The molecule has 0 bridgehead atoms. The lowest BCUT2D eigenvalue weighted by Gasteiger charge is -2.18. The minimum absolute atomic E-state index is 0.0990. The van der Waals surface area contributed by atoms with Crippen LogP contribution in [0.1, 0.15) is 27.6 Å². The van der Waals surface area contributed by atoms with E-state index in [0.29, 0.717) is 26.5 Å². The summed E-state index contributed by atoms with van der Waals surface area (Å²) in [5, 5.41) is 9.84. The van der Waals surface area contributed by atoms with E-state index in [1.165, 1.54) is 0 Å². The van der Waals surface area contributed by atoms with E-state index < -0.39 is 0 Å². The predicted octanol–water partition coefficient (Wildman–Crippen LogP) is 3.84. The smallest absolute Gasteiger partial charge is 0.200 e. The Morgan fingerprint density at radius 3 is 2.10 bits per heavy atom. The topological polar surface area (TPSA) is 54.4 Å². The summed E-state index contributed by atoms with van der Waals surface area (Å²) in [6.45, 7) is 1.65. The van der Waals surface area contributed by atoms with Crippen molar-refractivity contribution in [2.24, 2.45) is 0 Å². The third-order valence-electron chi connectivity index (χ3n) is 3.38. The molecule has 0 aliphatic heterocycles. The lowest BCUT2D eigenvalue weighted by Crippen LogP contribution is -2.19. The molecule has 0 amide bonds. The first-order chi connectivity index (χ1) is 10.1. The Hall–Kier alpha value is -2.33. The number of fused-ring (bicyclic) bond motifs is 1. The van der Waals surface area contributed by atoms with E-state index >= 15 is 0 Å². The molecule has 104 valence electrons. The quantitative estimate of drug-likeness (QED) is 0.915. The maximum Gasteiger partial charge on any atom is 0.200 e. The first kappa shape index (κ1) is 13.6. The van der Waals surface area contributed by atoms with Gasteiger partial charge in [0.1, 0.15) is 5.75 Å². The summed E-state index contributed by atoms with van der Waals surface area (Å²) in [4.78, 5) is 25.9. The van der Waals surface area contributed by atoms with Crippen LogP contribution in [0, 0.1) is 0 Å². The lowest BCUT2D eigenvalue weighted by atomic mass is 9.90. The van der Waals surface area contributed by atoms with E-state index in [0.717, 1.165) is 11.8 Å². The molecule has 3 nitrogen and oxygen atoms in total. The highest BCUT2D eigenvalue weighted by atomic mass is 32.2. The summed E-state index contributed by atoms with van der Waals surface area (Å²) in [6, 6.07) is 13.6. The molecule has 0 atom stereocenters. The number of Topliss-reactive ketones (excluding diaryl/α,β-unsaturated/α-hetero) is 2. The summed E-state index contributed by atoms with van der Waals surface area (Å²) in [5.74, 6) is -0.207. The van der Waals surface area contributed by atoms with Gasteiger partial charge < -0.3 is 5.11 Å². The number of rotatable bonds is 2. The second-order valence-electron chi connectivity index (χ2n) is 4.73. The van der Waals surface area contributed by atoms with Gasteiger partial charge in [0.25, 0.3) is 0 Å². The molecular weight excluding hydrogens is 284 g/mol. The third kappa shape index (κ3) is 2.28. The van der Waals surface area contributed by atoms with E-state index in [-0.39, 0.29) is 17.3 Å². The van der Waals surface area contributed by atoms with Gasteiger partial charge >= 0.3 is 0 Å². The Morgan fingerprint density at radius 1 is 0.857 bits per heavy atom. The maximum absolute atomic E-state index is 12.6. The zero-order valence-corrected chi connectivity index (χ0v) is 12.1. The number of aromatic hydroxyl groups is 1. The molecule has 0 aromatic heterocycles. The van der Waals surface area contributed by atoms with E-state index in [1.807, 2.05) is 0 Å². The Balaban J connectivity index is 2.07. The van der Waals surface area contributed by atoms with Crippen LogP contribution in [0.2, 0.25) is 0 Å². The molecule has 0 spiro atoms. The van der Waals surface area contributed by atoms with Crippen LogP contribution in [0.3, 0.4) is 0 Å². The standard InChI is InChI=1S/C17H12O3S/c1-10-15(19)11-6-2-3-7-12(11)16(20)17(10)21-14-9-5-4-8-13(14)18/h2-9,18H,1H3. The maximum atomic E-state index is 12.6. The van der Waals surface area contributed by atoms with Gasteiger partial charge in [-0.05, 0) is 19.1 Å². The number of benzene rings is 2. The van der Waals surface area contributed by atoms with Gasteiger partial charge in [0, 0.05) is 16.7 Å². The fraction of sp³-hybridized carbons (Fsp3) is 0.0588. The van der Waals surface area contributed by atoms with Crippen LogP contribution in [-0.2, 0) is 0 Å². The molecule has 0 heterocycles. The number of hydrogen-bond acceptors (Lipinski definition) is 4. The van der Waals surface area contributed by atoms with Crippen LogP contribution in [-0.4, -0.2) is 16.7 Å². The summed E-state index contributed by atoms with van der Waals surface area (Å²) < 4.78 is 0. The molecule has 0 saturated heterocycles. The van der Waals surface area contributed by atoms with Crippen LogP contribution in [0.25, 0.3) is 0 Å². The summed E-state index contributed by atoms with van der Waals surface area (Å²) >= 11 is 1.13. The summed E-state index contributed by atoms with van der Waals surface area (Å²) in [7, 11) is 0. The van der Waals surface area contributed by atoms with Gasteiger partial charge in [-0.3, -0.25) is 9.59 Å². The minimum atomic E-state index is -0.170. The molecule has 2 aromatic carbocycles. The SMILES string of the molecule is CC1=C(Sc2ccccc2O)C(=O)c2ccccc2C1=O. The number of carbonyl (C=O) groups excluding carboxylic acids is 2. The van der Waals surface area contributed by atoms with Crippen molar-refractivity contribution in [3.05, 3.63) is 70.1 Å². The average Bonchev–Trinajstić information content (AvgIpc) is 2.51. The van der Waals surface area contributed by atoms with Crippen molar-refractivity contribution in [1.29, 1.82) is 0 Å². The molecule has 1 aliphatic carbocycles. The Bertz CT molecular complexity index is 790. The fourth-order valence-corrected chi connectivity index (χ4v) is 3.24. The van der Waals surface area contributed by atoms with Crippen LogP contribution in [0.4, 0.5) is 0 Å². The largest absolute Gasteiger partial charge is 0.507 e. The number of carbonyl (C=O) groups is 2. The zero-order valence-electron chi connectivity index (χ0n) is 11.3. The van der Waals surface area contributed by atoms with Crippen molar-refractivity contribution in [3.63, 3.8) is 0 Å². The second-order valence-corrected chi connectivity index (χ2v) is 5.78.